The Labute approximate surface area is 137 Å². The third-order valence-corrected chi connectivity index (χ3v) is 4.98. The van der Waals surface area contributed by atoms with Gasteiger partial charge in [0, 0.05) is 32.2 Å². The zero-order chi connectivity index (χ0) is 16.1. The third kappa shape index (κ3) is 4.06. The Morgan fingerprint density at radius 3 is 2.83 bits per heavy atom. The summed E-state index contributed by atoms with van der Waals surface area (Å²) >= 11 is 0. The molecule has 128 valence electrons. The number of nitrogens with one attached hydrogen (secondary N) is 1. The summed E-state index contributed by atoms with van der Waals surface area (Å²) in [7, 11) is 0. The highest BCUT2D eigenvalue weighted by Crippen LogP contribution is 2.24. The number of amides is 2. The molecule has 23 heavy (non-hydrogen) atoms. The molecule has 0 radical (unpaired) electrons. The van der Waals surface area contributed by atoms with Crippen molar-refractivity contribution in [1.82, 2.24) is 15.1 Å². The van der Waals surface area contributed by atoms with Gasteiger partial charge in [-0.25, -0.2) is 4.79 Å². The summed E-state index contributed by atoms with van der Waals surface area (Å²) < 4.78 is 5.60. The molecular weight excluding hydrogens is 294 g/mol. The van der Waals surface area contributed by atoms with Gasteiger partial charge >= 0.3 is 6.03 Å². The molecular formula is C17H27N3O3. The number of rotatable bonds is 5. The van der Waals surface area contributed by atoms with Gasteiger partial charge in [-0.05, 0) is 44.5 Å². The zero-order valence-electron chi connectivity index (χ0n) is 13.6. The van der Waals surface area contributed by atoms with Gasteiger partial charge in [-0.3, -0.25) is 4.90 Å². The predicted octanol–water partition coefficient (Wildman–Crippen LogP) is 1.83. The molecule has 2 saturated heterocycles. The van der Waals surface area contributed by atoms with E-state index in [4.69, 9.17) is 4.42 Å². The molecule has 2 fully saturated rings. The van der Waals surface area contributed by atoms with Crippen LogP contribution in [0.5, 0.6) is 0 Å². The summed E-state index contributed by atoms with van der Waals surface area (Å²) in [5.74, 6) is 1.14. The van der Waals surface area contributed by atoms with Crippen LogP contribution in [0, 0.1) is 5.92 Å². The number of aliphatic hydroxyl groups is 1. The molecule has 0 spiro atoms. The van der Waals surface area contributed by atoms with Crippen molar-refractivity contribution >= 4 is 6.03 Å². The number of aliphatic hydroxyl groups excluding tert-OH is 1. The molecule has 6 nitrogen and oxygen atoms in total. The monoisotopic (exact) mass is 321 g/mol. The minimum Gasteiger partial charge on any atom is -0.468 e. The molecule has 2 atom stereocenters. The second-order valence-electron chi connectivity index (χ2n) is 6.60. The van der Waals surface area contributed by atoms with Crippen molar-refractivity contribution < 1.29 is 14.3 Å². The van der Waals surface area contributed by atoms with Crippen LogP contribution in [-0.2, 0) is 0 Å². The lowest BCUT2D eigenvalue weighted by molar-refractivity contribution is 0.140. The number of likely N-dealkylation sites (tertiary alicyclic amines) is 2. The number of urea groups is 1. The standard InChI is InChI=1S/C17H27N3O3/c21-13-14-6-9-20(12-14)17(22)18-11-15(16-5-4-10-23-16)19-7-2-1-3-8-19/h4-5,10,14-15,21H,1-3,6-9,11-13H2,(H,18,22). The molecule has 2 N–H and O–H groups in total. The van der Waals surface area contributed by atoms with Crippen LogP contribution in [-0.4, -0.2) is 60.3 Å². The highest BCUT2D eigenvalue weighted by molar-refractivity contribution is 5.74. The van der Waals surface area contributed by atoms with Crippen LogP contribution in [0.4, 0.5) is 4.79 Å². The van der Waals surface area contributed by atoms with E-state index in [9.17, 15) is 9.90 Å². The van der Waals surface area contributed by atoms with E-state index in [0.717, 1.165) is 31.8 Å². The third-order valence-electron chi connectivity index (χ3n) is 4.98. The second-order valence-corrected chi connectivity index (χ2v) is 6.60. The smallest absolute Gasteiger partial charge is 0.317 e. The Morgan fingerprint density at radius 2 is 2.17 bits per heavy atom. The highest BCUT2D eigenvalue weighted by atomic mass is 16.3. The van der Waals surface area contributed by atoms with Crippen LogP contribution in [0.2, 0.25) is 0 Å². The fourth-order valence-electron chi connectivity index (χ4n) is 3.58. The number of nitrogens with zero attached hydrogens (tertiary/aromatic N) is 2. The summed E-state index contributed by atoms with van der Waals surface area (Å²) in [4.78, 5) is 16.6. The minimum atomic E-state index is -0.0329. The lowest BCUT2D eigenvalue weighted by atomic mass is 10.1. The number of carbonyl (C=O) groups excluding carboxylic acids is 1. The normalized spacial score (nSPS) is 23.9. The van der Waals surface area contributed by atoms with Gasteiger partial charge in [0.15, 0.2) is 0 Å². The van der Waals surface area contributed by atoms with Crippen LogP contribution < -0.4 is 5.32 Å². The Kier molecular flexibility index (Phi) is 5.56. The van der Waals surface area contributed by atoms with E-state index in [1.54, 1.807) is 11.2 Å². The van der Waals surface area contributed by atoms with Crippen molar-refractivity contribution in [2.45, 2.75) is 31.7 Å². The van der Waals surface area contributed by atoms with E-state index in [-0.39, 0.29) is 24.6 Å². The number of piperidine rings is 1. The van der Waals surface area contributed by atoms with Gasteiger partial charge in [0.25, 0.3) is 0 Å². The first-order valence-electron chi connectivity index (χ1n) is 8.69. The minimum absolute atomic E-state index is 0.0329. The van der Waals surface area contributed by atoms with Gasteiger partial charge in [-0.15, -0.1) is 0 Å². The zero-order valence-corrected chi connectivity index (χ0v) is 13.6. The molecule has 1 aromatic heterocycles. The van der Waals surface area contributed by atoms with Crippen LogP contribution >= 0.6 is 0 Å². The van der Waals surface area contributed by atoms with E-state index in [1.807, 2.05) is 12.1 Å². The molecule has 2 aliphatic rings. The first-order valence-corrected chi connectivity index (χ1v) is 8.69. The van der Waals surface area contributed by atoms with Crippen molar-refractivity contribution in [2.24, 2.45) is 5.92 Å². The van der Waals surface area contributed by atoms with Gasteiger partial charge in [-0.1, -0.05) is 6.42 Å². The van der Waals surface area contributed by atoms with Crippen LogP contribution in [0.3, 0.4) is 0 Å². The Hall–Kier alpha value is -1.53. The largest absolute Gasteiger partial charge is 0.468 e. The molecule has 2 unspecified atom stereocenters. The molecule has 2 aliphatic heterocycles. The van der Waals surface area contributed by atoms with E-state index in [0.29, 0.717) is 13.1 Å². The first kappa shape index (κ1) is 16.3. The van der Waals surface area contributed by atoms with Gasteiger partial charge < -0.3 is 19.7 Å². The van der Waals surface area contributed by atoms with Crippen LogP contribution in [0.25, 0.3) is 0 Å². The van der Waals surface area contributed by atoms with Crippen molar-refractivity contribution in [1.29, 1.82) is 0 Å². The van der Waals surface area contributed by atoms with Crippen LogP contribution in [0.15, 0.2) is 22.8 Å². The molecule has 2 amide bonds. The maximum absolute atomic E-state index is 12.3. The van der Waals surface area contributed by atoms with Gasteiger partial charge in [0.05, 0.1) is 12.3 Å². The SMILES string of the molecule is O=C(NCC(c1ccco1)N1CCCCC1)N1CCC(CO)C1. The highest BCUT2D eigenvalue weighted by Gasteiger charge is 2.28. The lowest BCUT2D eigenvalue weighted by Gasteiger charge is -2.33. The molecule has 0 saturated carbocycles. The molecule has 1 aromatic rings. The summed E-state index contributed by atoms with van der Waals surface area (Å²) in [6.45, 7) is 4.21. The molecule has 0 bridgehead atoms. The Morgan fingerprint density at radius 1 is 1.35 bits per heavy atom. The average molecular weight is 321 g/mol. The van der Waals surface area contributed by atoms with Crippen molar-refractivity contribution in [3.8, 4) is 0 Å². The topological polar surface area (TPSA) is 69.0 Å². The lowest BCUT2D eigenvalue weighted by Crippen LogP contribution is -2.44. The van der Waals surface area contributed by atoms with E-state index in [1.165, 1.54) is 19.3 Å². The number of hydrogen-bond acceptors (Lipinski definition) is 4. The summed E-state index contributed by atoms with van der Waals surface area (Å²) in [5.41, 5.74) is 0. The van der Waals surface area contributed by atoms with Gasteiger partial charge in [0.2, 0.25) is 0 Å². The Bertz CT molecular complexity index is 485. The number of hydrogen-bond donors (Lipinski definition) is 2. The summed E-state index contributed by atoms with van der Waals surface area (Å²) in [6, 6.07) is 3.96. The van der Waals surface area contributed by atoms with Crippen molar-refractivity contribution in [3.63, 3.8) is 0 Å². The summed E-state index contributed by atoms with van der Waals surface area (Å²) in [6.07, 6.45) is 6.27. The van der Waals surface area contributed by atoms with Gasteiger partial charge in [-0.2, -0.15) is 0 Å². The number of carbonyl (C=O) groups is 1. The molecule has 3 rings (SSSR count). The molecule has 0 aliphatic carbocycles. The summed E-state index contributed by atoms with van der Waals surface area (Å²) in [5, 5.41) is 12.3. The maximum atomic E-state index is 12.3. The first-order chi connectivity index (χ1) is 11.3. The molecule has 0 aromatic carbocycles. The van der Waals surface area contributed by atoms with E-state index >= 15 is 0 Å². The van der Waals surface area contributed by atoms with E-state index in [2.05, 4.69) is 10.2 Å². The fourth-order valence-corrected chi connectivity index (χ4v) is 3.58. The van der Waals surface area contributed by atoms with E-state index < -0.39 is 0 Å². The Balaban J connectivity index is 1.57. The average Bonchev–Trinajstić information content (AvgIpc) is 3.27. The maximum Gasteiger partial charge on any atom is 0.317 e. The quantitative estimate of drug-likeness (QED) is 0.868. The second kappa shape index (κ2) is 7.84. The van der Waals surface area contributed by atoms with Crippen molar-refractivity contribution in [3.05, 3.63) is 24.2 Å². The molecule has 3 heterocycles. The van der Waals surface area contributed by atoms with Crippen LogP contribution in [0.1, 0.15) is 37.5 Å². The fraction of sp³-hybridized carbons (Fsp3) is 0.706. The van der Waals surface area contributed by atoms with Gasteiger partial charge in [0.1, 0.15) is 5.76 Å². The van der Waals surface area contributed by atoms with Crippen molar-refractivity contribution in [2.75, 3.05) is 39.3 Å². The predicted molar refractivity (Wildman–Crippen MR) is 87.0 cm³/mol. The number of furan rings is 1. The molecule has 6 heteroatoms.